The Morgan fingerprint density at radius 3 is 2.92 bits per heavy atom. The second kappa shape index (κ2) is 9.99. The normalized spacial score (nSPS) is 16.4. The molecule has 0 bridgehead atoms. The van der Waals surface area contributed by atoms with Gasteiger partial charge in [0.1, 0.15) is 23.4 Å². The average molecular weight is 497 g/mol. The van der Waals surface area contributed by atoms with Gasteiger partial charge in [0.15, 0.2) is 0 Å². The second-order valence-corrected chi connectivity index (χ2v) is 9.20. The van der Waals surface area contributed by atoms with Gasteiger partial charge in [0.25, 0.3) is 0 Å². The molecule has 2 N–H and O–H groups in total. The highest BCUT2D eigenvalue weighted by Crippen LogP contribution is 2.43. The Morgan fingerprint density at radius 1 is 1.14 bits per heavy atom. The number of anilines is 2. The zero-order valence-corrected chi connectivity index (χ0v) is 20.6. The molecule has 0 saturated carbocycles. The lowest BCUT2D eigenvalue weighted by molar-refractivity contribution is 0.0384. The maximum absolute atomic E-state index is 11.8. The van der Waals surface area contributed by atoms with Crippen LogP contribution >= 0.6 is 0 Å². The highest BCUT2D eigenvalue weighted by molar-refractivity contribution is 5.59. The quantitative estimate of drug-likeness (QED) is 0.353. The Morgan fingerprint density at radius 2 is 2.08 bits per heavy atom. The van der Waals surface area contributed by atoms with E-state index in [9.17, 15) is 4.79 Å². The van der Waals surface area contributed by atoms with Gasteiger partial charge in [0.05, 0.1) is 32.2 Å². The molecule has 2 aromatic heterocycles. The number of nitrogens with one attached hydrogen (secondary N) is 2. The number of H-pyrrole nitrogens is 1. The van der Waals surface area contributed by atoms with Crippen LogP contribution in [-0.2, 0) is 17.7 Å². The molecule has 0 aliphatic carbocycles. The zero-order valence-electron chi connectivity index (χ0n) is 20.6. The Hall–Kier alpha value is -4.30. The van der Waals surface area contributed by atoms with Crippen LogP contribution in [0.15, 0.2) is 77.9 Å². The van der Waals surface area contributed by atoms with Crippen molar-refractivity contribution in [1.29, 1.82) is 0 Å². The number of ether oxygens (including phenoxy) is 3. The summed E-state index contributed by atoms with van der Waals surface area (Å²) >= 11 is 0. The minimum Gasteiger partial charge on any atom is -0.495 e. The largest absolute Gasteiger partial charge is 0.495 e. The summed E-state index contributed by atoms with van der Waals surface area (Å²) in [5, 5.41) is 3.45. The third-order valence-corrected chi connectivity index (χ3v) is 6.82. The second-order valence-electron chi connectivity index (χ2n) is 9.20. The molecule has 1 saturated heterocycles. The van der Waals surface area contributed by atoms with Gasteiger partial charge in [-0.25, -0.2) is 0 Å². The Balaban J connectivity index is 1.18. The van der Waals surface area contributed by atoms with E-state index in [1.54, 1.807) is 25.6 Å². The van der Waals surface area contributed by atoms with Crippen LogP contribution in [0.5, 0.6) is 17.2 Å². The van der Waals surface area contributed by atoms with E-state index in [1.165, 1.54) is 0 Å². The SMILES string of the molecule is COc1ccc(CNc2ccc3c(c2)Cc2cccc(C4CN(c5cc[nH]c(=O)c5)CCO4)c2O3)nc1. The number of aromatic amines is 1. The van der Waals surface area contributed by atoms with Gasteiger partial charge in [0, 0.05) is 54.3 Å². The van der Waals surface area contributed by atoms with Gasteiger partial charge in [-0.2, -0.15) is 0 Å². The number of hydrogen-bond donors (Lipinski definition) is 2. The molecule has 188 valence electrons. The smallest absolute Gasteiger partial charge is 0.249 e. The summed E-state index contributed by atoms with van der Waals surface area (Å²) in [6.45, 7) is 2.59. The highest BCUT2D eigenvalue weighted by Gasteiger charge is 2.28. The third-order valence-electron chi connectivity index (χ3n) is 6.82. The standard InChI is InChI=1S/C29H28N4O4/c1-35-24-7-5-22(32-17-24)16-31-21-6-8-26-20(14-21)13-19-3-2-4-25(29(19)37-26)27-18-33(11-12-36-27)23-9-10-30-28(34)15-23/h2-10,14-15,17,27,31H,11-13,16,18H2,1H3,(H,30,34). The van der Waals surface area contributed by atoms with E-state index in [0.29, 0.717) is 19.7 Å². The molecule has 0 spiro atoms. The minimum absolute atomic E-state index is 0.105. The molecular formula is C29H28N4O4. The fourth-order valence-electron chi connectivity index (χ4n) is 4.89. The molecule has 0 radical (unpaired) electrons. The third kappa shape index (κ3) is 4.88. The highest BCUT2D eigenvalue weighted by atomic mass is 16.5. The summed E-state index contributed by atoms with van der Waals surface area (Å²) < 4.78 is 17.8. The van der Waals surface area contributed by atoms with Crippen molar-refractivity contribution in [2.75, 3.05) is 37.0 Å². The van der Waals surface area contributed by atoms with Gasteiger partial charge in [-0.3, -0.25) is 9.78 Å². The molecule has 8 heteroatoms. The van der Waals surface area contributed by atoms with Crippen molar-refractivity contribution >= 4 is 11.4 Å². The van der Waals surface area contributed by atoms with Crippen molar-refractivity contribution in [3.8, 4) is 17.2 Å². The van der Waals surface area contributed by atoms with Gasteiger partial charge in [-0.15, -0.1) is 0 Å². The number of hydrogen-bond acceptors (Lipinski definition) is 7. The summed E-state index contributed by atoms with van der Waals surface area (Å²) in [5.74, 6) is 2.47. The zero-order chi connectivity index (χ0) is 25.2. The van der Waals surface area contributed by atoms with Crippen LogP contribution in [0.4, 0.5) is 11.4 Å². The number of fused-ring (bicyclic) bond motifs is 2. The van der Waals surface area contributed by atoms with E-state index in [2.05, 4.69) is 44.5 Å². The van der Waals surface area contributed by atoms with E-state index in [1.807, 2.05) is 30.3 Å². The number of rotatable bonds is 6. The number of benzene rings is 2. The van der Waals surface area contributed by atoms with Gasteiger partial charge in [0.2, 0.25) is 5.56 Å². The predicted octanol–water partition coefficient (Wildman–Crippen LogP) is 4.67. The fraction of sp³-hybridized carbons (Fsp3) is 0.241. The minimum atomic E-state index is -0.150. The monoisotopic (exact) mass is 496 g/mol. The molecule has 4 heterocycles. The van der Waals surface area contributed by atoms with E-state index >= 15 is 0 Å². The number of pyridine rings is 2. The first-order valence-electron chi connectivity index (χ1n) is 12.4. The summed E-state index contributed by atoms with van der Waals surface area (Å²) in [4.78, 5) is 21.1. The van der Waals surface area contributed by atoms with E-state index in [0.717, 1.165) is 64.0 Å². The van der Waals surface area contributed by atoms with Crippen molar-refractivity contribution < 1.29 is 14.2 Å². The molecule has 2 aromatic carbocycles. The topological polar surface area (TPSA) is 88.7 Å². The van der Waals surface area contributed by atoms with Crippen molar-refractivity contribution in [2.24, 2.45) is 0 Å². The molecule has 0 amide bonds. The van der Waals surface area contributed by atoms with Crippen LogP contribution in [0.1, 0.15) is 28.5 Å². The van der Waals surface area contributed by atoms with Crippen LogP contribution in [0, 0.1) is 0 Å². The van der Waals surface area contributed by atoms with Gasteiger partial charge in [-0.1, -0.05) is 18.2 Å². The molecule has 6 rings (SSSR count). The molecule has 4 aromatic rings. The number of aromatic nitrogens is 2. The van der Waals surface area contributed by atoms with E-state index in [-0.39, 0.29) is 11.7 Å². The first kappa shape index (κ1) is 23.1. The molecule has 2 aliphatic heterocycles. The lowest BCUT2D eigenvalue weighted by Crippen LogP contribution is -2.39. The van der Waals surface area contributed by atoms with Crippen LogP contribution in [0.3, 0.4) is 0 Å². The first-order valence-corrected chi connectivity index (χ1v) is 12.4. The fourth-order valence-corrected chi connectivity index (χ4v) is 4.89. The van der Waals surface area contributed by atoms with Crippen LogP contribution < -0.4 is 25.2 Å². The van der Waals surface area contributed by atoms with E-state index < -0.39 is 0 Å². The summed E-state index contributed by atoms with van der Waals surface area (Å²) in [6.07, 6.45) is 4.03. The first-order chi connectivity index (χ1) is 18.2. The average Bonchev–Trinajstić information content (AvgIpc) is 2.95. The van der Waals surface area contributed by atoms with E-state index in [4.69, 9.17) is 14.2 Å². The molecular weight excluding hydrogens is 468 g/mol. The number of morpholine rings is 1. The van der Waals surface area contributed by atoms with Gasteiger partial charge < -0.3 is 29.4 Å². The lowest BCUT2D eigenvalue weighted by Gasteiger charge is -2.36. The summed E-state index contributed by atoms with van der Waals surface area (Å²) in [7, 11) is 1.64. The summed E-state index contributed by atoms with van der Waals surface area (Å²) in [5.41, 5.74) is 6.05. The van der Waals surface area contributed by atoms with Crippen LogP contribution in [-0.4, -0.2) is 36.8 Å². The van der Waals surface area contributed by atoms with Crippen LogP contribution in [0.25, 0.3) is 0 Å². The molecule has 2 aliphatic rings. The summed E-state index contributed by atoms with van der Waals surface area (Å²) in [6, 6.07) is 19.9. The molecule has 8 nitrogen and oxygen atoms in total. The molecule has 37 heavy (non-hydrogen) atoms. The molecule has 1 atom stereocenters. The Bertz CT molecular complexity index is 1470. The number of nitrogens with zero attached hydrogens (tertiary/aromatic N) is 2. The maximum Gasteiger partial charge on any atom is 0.249 e. The van der Waals surface area contributed by atoms with Crippen molar-refractivity contribution in [3.05, 3.63) is 106 Å². The lowest BCUT2D eigenvalue weighted by atomic mass is 9.95. The van der Waals surface area contributed by atoms with Gasteiger partial charge in [-0.05, 0) is 42.0 Å². The van der Waals surface area contributed by atoms with Crippen LogP contribution in [0.2, 0.25) is 0 Å². The number of methoxy groups -OCH3 is 1. The van der Waals surface area contributed by atoms with Crippen molar-refractivity contribution in [1.82, 2.24) is 9.97 Å². The molecule has 1 unspecified atom stereocenters. The van der Waals surface area contributed by atoms with Crippen molar-refractivity contribution in [2.45, 2.75) is 19.1 Å². The predicted molar refractivity (Wildman–Crippen MR) is 142 cm³/mol. The number of para-hydroxylation sites is 1. The Kier molecular flexibility index (Phi) is 6.24. The van der Waals surface area contributed by atoms with Crippen molar-refractivity contribution in [3.63, 3.8) is 0 Å². The Labute approximate surface area is 214 Å². The molecule has 1 fully saturated rings. The maximum atomic E-state index is 11.8. The van der Waals surface area contributed by atoms with Gasteiger partial charge >= 0.3 is 0 Å².